The lowest BCUT2D eigenvalue weighted by Crippen LogP contribution is -2.38. The number of hydrogen-bond acceptors (Lipinski definition) is 2. The van der Waals surface area contributed by atoms with E-state index in [4.69, 9.17) is 5.11 Å². The van der Waals surface area contributed by atoms with Crippen molar-refractivity contribution in [2.75, 3.05) is 13.1 Å². The van der Waals surface area contributed by atoms with Gasteiger partial charge in [-0.2, -0.15) is 0 Å². The molecule has 0 fully saturated rings. The third-order valence-electron chi connectivity index (χ3n) is 3.06. The van der Waals surface area contributed by atoms with Crippen LogP contribution in [0.4, 0.5) is 0 Å². The van der Waals surface area contributed by atoms with Gasteiger partial charge in [-0.05, 0) is 18.3 Å². The molecule has 1 N–H and O–H groups in total. The van der Waals surface area contributed by atoms with Gasteiger partial charge in [-0.3, -0.25) is 9.59 Å². The first-order valence-electron chi connectivity index (χ1n) is 6.38. The van der Waals surface area contributed by atoms with Gasteiger partial charge in [0.1, 0.15) is 6.54 Å². The quantitative estimate of drug-likeness (QED) is 0.600. The van der Waals surface area contributed by atoms with Crippen molar-refractivity contribution in [1.82, 2.24) is 4.90 Å². The average Bonchev–Trinajstić information content (AvgIpc) is 2.25. The van der Waals surface area contributed by atoms with Gasteiger partial charge in [0.15, 0.2) is 0 Å². The zero-order valence-electron chi connectivity index (χ0n) is 11.2. The Labute approximate surface area is 104 Å². The molecule has 0 aromatic carbocycles. The van der Waals surface area contributed by atoms with Crippen LogP contribution in [0.3, 0.4) is 0 Å². The Morgan fingerprint density at radius 2 is 1.94 bits per heavy atom. The Bertz CT molecular complexity index is 243. The third-order valence-corrected chi connectivity index (χ3v) is 3.06. The lowest BCUT2D eigenvalue weighted by atomic mass is 9.80. The number of rotatable bonds is 10. The number of hydrogen-bond donors (Lipinski definition) is 1. The van der Waals surface area contributed by atoms with Crippen LogP contribution in [0.1, 0.15) is 52.9 Å². The van der Waals surface area contributed by atoms with E-state index in [1.807, 2.05) is 0 Å². The SMILES string of the molecule is CCCCC(C)(CCC)CN(C=O)CC(=O)O. The number of aliphatic carboxylic acids is 1. The molecule has 0 spiro atoms. The summed E-state index contributed by atoms with van der Waals surface area (Å²) in [7, 11) is 0. The van der Waals surface area contributed by atoms with Crippen molar-refractivity contribution in [1.29, 1.82) is 0 Å². The van der Waals surface area contributed by atoms with Gasteiger partial charge >= 0.3 is 5.97 Å². The van der Waals surface area contributed by atoms with Crippen LogP contribution in [0.2, 0.25) is 0 Å². The lowest BCUT2D eigenvalue weighted by Gasteiger charge is -2.33. The van der Waals surface area contributed by atoms with E-state index in [1.54, 1.807) is 0 Å². The zero-order valence-corrected chi connectivity index (χ0v) is 11.2. The van der Waals surface area contributed by atoms with Crippen molar-refractivity contribution in [2.24, 2.45) is 5.41 Å². The second-order valence-corrected chi connectivity index (χ2v) is 5.07. The molecule has 1 atom stereocenters. The van der Waals surface area contributed by atoms with Crippen LogP contribution in [-0.2, 0) is 9.59 Å². The molecule has 0 saturated heterocycles. The molecular weight excluding hydrogens is 218 g/mol. The molecule has 0 bridgehead atoms. The number of carboxylic acids is 1. The van der Waals surface area contributed by atoms with Crippen LogP contribution < -0.4 is 0 Å². The number of unbranched alkanes of at least 4 members (excludes halogenated alkanes) is 1. The number of carboxylic acid groups (broad SMARTS) is 1. The highest BCUT2D eigenvalue weighted by Crippen LogP contribution is 2.30. The van der Waals surface area contributed by atoms with Crippen LogP contribution in [0.25, 0.3) is 0 Å². The van der Waals surface area contributed by atoms with E-state index in [-0.39, 0.29) is 12.0 Å². The summed E-state index contributed by atoms with van der Waals surface area (Å²) in [6, 6.07) is 0. The Morgan fingerprint density at radius 1 is 1.29 bits per heavy atom. The summed E-state index contributed by atoms with van der Waals surface area (Å²) in [6.07, 6.45) is 6.02. The summed E-state index contributed by atoms with van der Waals surface area (Å²) >= 11 is 0. The number of carbonyl (C=O) groups excluding carboxylic acids is 1. The van der Waals surface area contributed by atoms with Crippen molar-refractivity contribution in [2.45, 2.75) is 52.9 Å². The Kier molecular flexibility index (Phi) is 7.59. The molecule has 4 nitrogen and oxygen atoms in total. The Morgan fingerprint density at radius 3 is 2.35 bits per heavy atom. The largest absolute Gasteiger partial charge is 0.480 e. The van der Waals surface area contributed by atoms with E-state index < -0.39 is 5.97 Å². The van der Waals surface area contributed by atoms with Crippen LogP contribution in [0, 0.1) is 5.41 Å². The van der Waals surface area contributed by atoms with Gasteiger partial charge in [-0.1, -0.05) is 40.0 Å². The molecule has 0 aromatic rings. The van der Waals surface area contributed by atoms with E-state index in [1.165, 1.54) is 4.90 Å². The molecule has 0 aliphatic rings. The van der Waals surface area contributed by atoms with Crippen LogP contribution >= 0.6 is 0 Å². The maximum Gasteiger partial charge on any atom is 0.323 e. The van der Waals surface area contributed by atoms with Crippen molar-refractivity contribution >= 4 is 12.4 Å². The molecule has 17 heavy (non-hydrogen) atoms. The molecule has 0 saturated carbocycles. The fraction of sp³-hybridized carbons (Fsp3) is 0.846. The molecule has 1 amide bonds. The maximum absolute atomic E-state index is 10.9. The molecule has 4 heteroatoms. The van der Waals surface area contributed by atoms with Crippen LogP contribution in [0.5, 0.6) is 0 Å². The van der Waals surface area contributed by atoms with E-state index in [9.17, 15) is 9.59 Å². The van der Waals surface area contributed by atoms with Gasteiger partial charge in [-0.15, -0.1) is 0 Å². The summed E-state index contributed by atoms with van der Waals surface area (Å²) in [4.78, 5) is 22.9. The summed E-state index contributed by atoms with van der Waals surface area (Å²) in [6.45, 7) is 6.74. The molecule has 0 aromatic heterocycles. The first kappa shape index (κ1) is 15.9. The summed E-state index contributed by atoms with van der Waals surface area (Å²) in [5.41, 5.74) is 0.0428. The number of nitrogens with zero attached hydrogens (tertiary/aromatic N) is 1. The first-order valence-corrected chi connectivity index (χ1v) is 6.38. The van der Waals surface area contributed by atoms with Crippen LogP contribution in [-0.4, -0.2) is 35.5 Å². The topological polar surface area (TPSA) is 57.6 Å². The van der Waals surface area contributed by atoms with Gasteiger partial charge in [0.05, 0.1) is 0 Å². The predicted molar refractivity (Wildman–Crippen MR) is 67.8 cm³/mol. The van der Waals surface area contributed by atoms with Gasteiger partial charge in [0, 0.05) is 6.54 Å². The molecule has 0 radical (unpaired) electrons. The van der Waals surface area contributed by atoms with Gasteiger partial charge < -0.3 is 10.0 Å². The number of carbonyl (C=O) groups is 2. The van der Waals surface area contributed by atoms with E-state index in [0.29, 0.717) is 13.0 Å². The standard InChI is InChI=1S/C13H25NO3/c1-4-6-8-13(3,7-5-2)10-14(11-15)9-12(16)17/h11H,4-10H2,1-3H3,(H,16,17). The number of amides is 1. The smallest absolute Gasteiger partial charge is 0.323 e. The fourth-order valence-electron chi connectivity index (χ4n) is 2.28. The molecule has 100 valence electrons. The van der Waals surface area contributed by atoms with Crippen molar-refractivity contribution in [3.63, 3.8) is 0 Å². The predicted octanol–water partition coefficient (Wildman–Crippen LogP) is 2.53. The highest BCUT2D eigenvalue weighted by Gasteiger charge is 2.26. The Balaban J connectivity index is 4.46. The van der Waals surface area contributed by atoms with E-state index >= 15 is 0 Å². The lowest BCUT2D eigenvalue weighted by molar-refractivity contribution is -0.141. The van der Waals surface area contributed by atoms with Gasteiger partial charge in [-0.25, -0.2) is 0 Å². The van der Waals surface area contributed by atoms with Crippen molar-refractivity contribution in [3.8, 4) is 0 Å². The van der Waals surface area contributed by atoms with Crippen molar-refractivity contribution in [3.05, 3.63) is 0 Å². The molecular formula is C13H25NO3. The average molecular weight is 243 g/mol. The zero-order chi connectivity index (χ0) is 13.3. The summed E-state index contributed by atoms with van der Waals surface area (Å²) < 4.78 is 0. The second-order valence-electron chi connectivity index (χ2n) is 5.07. The molecule has 1 unspecified atom stereocenters. The molecule has 0 aliphatic carbocycles. The normalized spacial score (nSPS) is 14.1. The third kappa shape index (κ3) is 6.97. The Hall–Kier alpha value is -1.06. The van der Waals surface area contributed by atoms with E-state index in [2.05, 4.69) is 20.8 Å². The minimum atomic E-state index is -0.952. The summed E-state index contributed by atoms with van der Waals surface area (Å²) in [5, 5.41) is 8.72. The fourth-order valence-corrected chi connectivity index (χ4v) is 2.28. The highest BCUT2D eigenvalue weighted by molar-refractivity contribution is 5.71. The first-order chi connectivity index (χ1) is 7.97. The van der Waals surface area contributed by atoms with Gasteiger partial charge in [0.25, 0.3) is 0 Å². The second kappa shape index (κ2) is 8.09. The minimum absolute atomic E-state index is 0.0428. The maximum atomic E-state index is 10.9. The summed E-state index contributed by atoms with van der Waals surface area (Å²) in [5.74, 6) is -0.952. The van der Waals surface area contributed by atoms with Gasteiger partial charge in [0.2, 0.25) is 6.41 Å². The van der Waals surface area contributed by atoms with Crippen molar-refractivity contribution < 1.29 is 14.7 Å². The monoisotopic (exact) mass is 243 g/mol. The molecule has 0 rings (SSSR count). The van der Waals surface area contributed by atoms with Crippen LogP contribution in [0.15, 0.2) is 0 Å². The minimum Gasteiger partial charge on any atom is -0.480 e. The highest BCUT2D eigenvalue weighted by atomic mass is 16.4. The molecule has 0 aliphatic heterocycles. The molecule has 0 heterocycles. The van der Waals surface area contributed by atoms with E-state index in [0.717, 1.165) is 32.1 Å².